The summed E-state index contributed by atoms with van der Waals surface area (Å²) in [7, 11) is 0. The highest BCUT2D eigenvalue weighted by atomic mass is 16.1. The van der Waals surface area contributed by atoms with Crippen LogP contribution < -0.4 is 0 Å². The smallest absolute Gasteiger partial charge is 0.179 e. The van der Waals surface area contributed by atoms with E-state index in [1.54, 1.807) is 0 Å². The van der Waals surface area contributed by atoms with Crippen molar-refractivity contribution in [3.8, 4) is 0 Å². The number of likely N-dealkylation sites (tertiary alicyclic amines) is 1. The van der Waals surface area contributed by atoms with Gasteiger partial charge in [-0.2, -0.15) is 0 Å². The molecule has 0 radical (unpaired) electrons. The third-order valence-electron chi connectivity index (χ3n) is 5.21. The quantitative estimate of drug-likeness (QED) is 0.839. The number of hydrogen-bond acceptors (Lipinski definition) is 2. The van der Waals surface area contributed by atoms with Gasteiger partial charge in [-0.1, -0.05) is 18.1 Å². The lowest BCUT2D eigenvalue weighted by Gasteiger charge is -2.28. The maximum Gasteiger partial charge on any atom is 0.179 e. The fourth-order valence-electron chi connectivity index (χ4n) is 4.10. The number of aromatic nitrogens is 1. The van der Waals surface area contributed by atoms with Crippen LogP contribution in [0.15, 0.2) is 18.2 Å². The van der Waals surface area contributed by atoms with Crippen molar-refractivity contribution in [1.29, 1.82) is 0 Å². The Morgan fingerprint density at radius 1 is 1.05 bits per heavy atom. The molecule has 3 heteroatoms. The molecule has 1 aromatic carbocycles. The van der Waals surface area contributed by atoms with Crippen LogP contribution in [0, 0.1) is 6.92 Å². The number of benzene rings is 1. The number of hydrogen-bond donors (Lipinski definition) is 0. The summed E-state index contributed by atoms with van der Waals surface area (Å²) in [6, 6.07) is 6.64. The predicted molar refractivity (Wildman–Crippen MR) is 89.4 cm³/mol. The van der Waals surface area contributed by atoms with Crippen LogP contribution in [0.25, 0.3) is 10.9 Å². The van der Waals surface area contributed by atoms with E-state index in [1.165, 1.54) is 41.3 Å². The summed E-state index contributed by atoms with van der Waals surface area (Å²) in [6.45, 7) is 5.34. The van der Waals surface area contributed by atoms with Crippen LogP contribution in [0.3, 0.4) is 0 Å². The number of ketones is 1. The predicted octanol–water partition coefficient (Wildman–Crippen LogP) is 3.91. The minimum atomic E-state index is 0.340. The molecule has 0 unspecified atom stereocenters. The van der Waals surface area contributed by atoms with E-state index in [0.717, 1.165) is 38.3 Å². The van der Waals surface area contributed by atoms with Gasteiger partial charge in [0.15, 0.2) is 5.78 Å². The molecule has 116 valence electrons. The molecule has 1 fully saturated rings. The monoisotopic (exact) mass is 296 g/mol. The summed E-state index contributed by atoms with van der Waals surface area (Å²) < 4.78 is 2.30. The lowest BCUT2D eigenvalue weighted by molar-refractivity contribution is 0.0955. The van der Waals surface area contributed by atoms with E-state index in [-0.39, 0.29) is 0 Å². The zero-order valence-corrected chi connectivity index (χ0v) is 13.4. The van der Waals surface area contributed by atoms with Crippen LogP contribution in [0.1, 0.15) is 53.7 Å². The van der Waals surface area contributed by atoms with Gasteiger partial charge in [0.1, 0.15) is 0 Å². The van der Waals surface area contributed by atoms with Crippen molar-refractivity contribution in [2.75, 3.05) is 13.1 Å². The number of Topliss-reactive ketones (excluding diaryl/α,β-unsaturated/α-hetero) is 1. The van der Waals surface area contributed by atoms with E-state index in [9.17, 15) is 4.79 Å². The summed E-state index contributed by atoms with van der Waals surface area (Å²) in [5.41, 5.74) is 4.82. The first-order valence-corrected chi connectivity index (χ1v) is 8.61. The average molecular weight is 296 g/mol. The number of rotatable bonds is 2. The second-order valence-electron chi connectivity index (χ2n) is 6.87. The fourth-order valence-corrected chi connectivity index (χ4v) is 4.10. The number of nitrogens with zero attached hydrogens (tertiary/aromatic N) is 2. The number of fused-ring (bicyclic) bond motifs is 3. The molecule has 22 heavy (non-hydrogen) atoms. The molecule has 0 saturated carbocycles. The van der Waals surface area contributed by atoms with E-state index >= 15 is 0 Å². The number of carbonyl (C=O) groups is 1. The van der Waals surface area contributed by atoms with Crippen molar-refractivity contribution in [2.24, 2.45) is 0 Å². The molecule has 0 amide bonds. The third kappa shape index (κ3) is 2.28. The lowest BCUT2D eigenvalue weighted by atomic mass is 9.94. The highest BCUT2D eigenvalue weighted by Gasteiger charge is 2.26. The van der Waals surface area contributed by atoms with E-state index in [0.29, 0.717) is 12.2 Å². The van der Waals surface area contributed by atoms with Gasteiger partial charge in [-0.25, -0.2) is 0 Å². The maximum atomic E-state index is 12.6. The average Bonchev–Trinajstić information content (AvgIpc) is 2.83. The largest absolute Gasteiger partial charge is 0.324 e. The first kappa shape index (κ1) is 14.0. The Bertz CT molecular complexity index is 723. The molecule has 3 nitrogen and oxygen atoms in total. The second kappa shape index (κ2) is 5.54. The van der Waals surface area contributed by atoms with Gasteiger partial charge in [0.2, 0.25) is 0 Å². The van der Waals surface area contributed by atoms with Gasteiger partial charge in [-0.15, -0.1) is 0 Å². The van der Waals surface area contributed by atoms with Gasteiger partial charge in [-0.05, 0) is 63.4 Å². The molecule has 4 rings (SSSR count). The summed E-state index contributed by atoms with van der Waals surface area (Å²) >= 11 is 0. The summed E-state index contributed by atoms with van der Waals surface area (Å²) in [5.74, 6) is 0.340. The second-order valence-corrected chi connectivity index (χ2v) is 6.87. The molecule has 0 spiro atoms. The van der Waals surface area contributed by atoms with E-state index in [4.69, 9.17) is 0 Å². The van der Waals surface area contributed by atoms with Crippen molar-refractivity contribution in [3.63, 3.8) is 0 Å². The van der Waals surface area contributed by atoms with E-state index < -0.39 is 0 Å². The Hall–Kier alpha value is -1.61. The van der Waals surface area contributed by atoms with Crippen LogP contribution in [0.5, 0.6) is 0 Å². The molecule has 2 aliphatic rings. The van der Waals surface area contributed by atoms with Crippen LogP contribution >= 0.6 is 0 Å². The Morgan fingerprint density at radius 3 is 2.68 bits per heavy atom. The van der Waals surface area contributed by atoms with E-state index in [2.05, 4.69) is 34.6 Å². The molecule has 0 N–H and O–H groups in total. The SMILES string of the molecule is Cc1ccc2c(c1)c1c(n2CN2CCCCC2)C(=O)CCC1. The van der Waals surface area contributed by atoms with Crippen molar-refractivity contribution >= 4 is 16.7 Å². The van der Waals surface area contributed by atoms with Gasteiger partial charge < -0.3 is 4.57 Å². The first-order chi connectivity index (χ1) is 10.7. The van der Waals surface area contributed by atoms with Gasteiger partial charge in [0, 0.05) is 11.8 Å². The van der Waals surface area contributed by atoms with Crippen LogP contribution in [0.2, 0.25) is 0 Å². The van der Waals surface area contributed by atoms with Crippen LogP contribution in [-0.4, -0.2) is 28.3 Å². The molecule has 0 atom stereocenters. The highest BCUT2D eigenvalue weighted by Crippen LogP contribution is 2.33. The van der Waals surface area contributed by atoms with Crippen LogP contribution in [0.4, 0.5) is 0 Å². The molecule has 1 aliphatic heterocycles. The Labute approximate surface area is 131 Å². The minimum absolute atomic E-state index is 0.340. The molecule has 1 aliphatic carbocycles. The third-order valence-corrected chi connectivity index (χ3v) is 5.21. The number of aryl methyl sites for hydroxylation is 2. The molecule has 2 aromatic rings. The van der Waals surface area contributed by atoms with Crippen molar-refractivity contribution in [2.45, 2.75) is 52.1 Å². The van der Waals surface area contributed by atoms with E-state index in [1.807, 2.05) is 0 Å². The van der Waals surface area contributed by atoms with Crippen molar-refractivity contribution < 1.29 is 4.79 Å². The molecule has 1 saturated heterocycles. The normalized spacial score (nSPS) is 19.6. The molecule has 1 aromatic heterocycles. The number of carbonyl (C=O) groups excluding carboxylic acids is 1. The highest BCUT2D eigenvalue weighted by molar-refractivity contribution is 6.04. The zero-order chi connectivity index (χ0) is 15.1. The van der Waals surface area contributed by atoms with Crippen LogP contribution in [-0.2, 0) is 13.1 Å². The summed E-state index contributed by atoms with van der Waals surface area (Å²) in [6.07, 6.45) is 6.68. The molecule has 2 heterocycles. The van der Waals surface area contributed by atoms with Gasteiger partial charge in [-0.3, -0.25) is 9.69 Å². The van der Waals surface area contributed by atoms with Gasteiger partial charge >= 0.3 is 0 Å². The summed E-state index contributed by atoms with van der Waals surface area (Å²) in [4.78, 5) is 15.1. The maximum absolute atomic E-state index is 12.6. The number of piperidine rings is 1. The molecular weight excluding hydrogens is 272 g/mol. The first-order valence-electron chi connectivity index (χ1n) is 8.61. The Balaban J connectivity index is 1.84. The topological polar surface area (TPSA) is 25.2 Å². The van der Waals surface area contributed by atoms with Gasteiger partial charge in [0.05, 0.1) is 17.9 Å². The molecular formula is C19H24N2O. The standard InChI is InChI=1S/C19H24N2O/c1-14-8-9-17-16(12-14)15-6-5-7-18(22)19(15)21(17)13-20-10-3-2-4-11-20/h8-9,12H,2-7,10-11,13H2,1H3. The van der Waals surface area contributed by atoms with Crippen molar-refractivity contribution in [3.05, 3.63) is 35.0 Å². The zero-order valence-electron chi connectivity index (χ0n) is 13.4. The van der Waals surface area contributed by atoms with Gasteiger partial charge in [0.25, 0.3) is 0 Å². The molecule has 0 bridgehead atoms. The lowest BCUT2D eigenvalue weighted by Crippen LogP contribution is -2.33. The fraction of sp³-hybridized carbons (Fsp3) is 0.526. The Kier molecular flexibility index (Phi) is 3.53. The summed E-state index contributed by atoms with van der Waals surface area (Å²) in [5, 5.41) is 1.31. The minimum Gasteiger partial charge on any atom is -0.324 e. The Morgan fingerprint density at radius 2 is 1.86 bits per heavy atom. The van der Waals surface area contributed by atoms with Crippen molar-refractivity contribution in [1.82, 2.24) is 9.47 Å².